The molecule has 1 rings (SSSR count). The fourth-order valence-corrected chi connectivity index (χ4v) is 1.05. The van der Waals surface area contributed by atoms with Gasteiger partial charge in [-0.15, -0.1) is 0 Å². The van der Waals surface area contributed by atoms with E-state index in [-0.39, 0.29) is 0 Å². The highest BCUT2D eigenvalue weighted by atomic mass is 16.3. The lowest BCUT2D eigenvalue weighted by atomic mass is 9.92. The quantitative estimate of drug-likeness (QED) is 0.371. The predicted octanol–water partition coefficient (Wildman–Crippen LogP) is -1.32. The van der Waals surface area contributed by atoms with Gasteiger partial charge in [-0.05, 0) is 13.3 Å². The van der Waals surface area contributed by atoms with Gasteiger partial charge in [0.25, 0.3) is 0 Å². The van der Waals surface area contributed by atoms with Crippen molar-refractivity contribution in [3.05, 3.63) is 0 Å². The van der Waals surface area contributed by atoms with Crippen molar-refractivity contribution in [3.8, 4) is 0 Å². The minimum absolute atomic E-state index is 0.354. The molecule has 0 unspecified atom stereocenters. The molecule has 0 spiro atoms. The number of nitrogens with two attached hydrogens (primary N) is 1. The average molecular weight is 146 g/mol. The van der Waals surface area contributed by atoms with Gasteiger partial charge in [0.2, 0.25) is 0 Å². The second kappa shape index (κ2) is 2.47. The van der Waals surface area contributed by atoms with Crippen molar-refractivity contribution in [1.82, 2.24) is 5.01 Å². The number of aliphatic hydroxyl groups is 2. The highest BCUT2D eigenvalue weighted by Crippen LogP contribution is 2.19. The van der Waals surface area contributed by atoms with Gasteiger partial charge in [-0.1, -0.05) is 0 Å². The maximum absolute atomic E-state index is 9.43. The molecule has 2 atom stereocenters. The molecule has 1 aliphatic rings. The van der Waals surface area contributed by atoms with Gasteiger partial charge in [0.15, 0.2) is 0 Å². The molecule has 0 aromatic heterocycles. The molecule has 0 radical (unpaired) electrons. The molecule has 0 aliphatic carbocycles. The maximum atomic E-state index is 9.43. The van der Waals surface area contributed by atoms with Gasteiger partial charge in [0, 0.05) is 13.1 Å². The minimum Gasteiger partial charge on any atom is -0.389 e. The number of aliphatic hydroxyl groups excluding tert-OH is 1. The van der Waals surface area contributed by atoms with Crippen molar-refractivity contribution in [2.45, 2.75) is 25.0 Å². The molecule has 1 heterocycles. The van der Waals surface area contributed by atoms with Gasteiger partial charge in [0.05, 0.1) is 11.7 Å². The first-order valence-corrected chi connectivity index (χ1v) is 3.42. The minimum atomic E-state index is -0.949. The van der Waals surface area contributed by atoms with Gasteiger partial charge >= 0.3 is 0 Å². The second-order valence-corrected chi connectivity index (χ2v) is 3.12. The van der Waals surface area contributed by atoms with Crippen molar-refractivity contribution in [2.24, 2.45) is 5.84 Å². The van der Waals surface area contributed by atoms with Gasteiger partial charge in [-0.2, -0.15) is 0 Å². The van der Waals surface area contributed by atoms with E-state index in [1.165, 1.54) is 5.01 Å². The van der Waals surface area contributed by atoms with E-state index in [2.05, 4.69) is 0 Å². The number of β-amino-alcohol motifs (C(OH)–C–C–N with tert-alkyl or cyclic N) is 1. The average Bonchev–Trinajstić information content (AvgIpc) is 1.81. The Morgan fingerprint density at radius 3 is 2.70 bits per heavy atom. The van der Waals surface area contributed by atoms with Gasteiger partial charge < -0.3 is 10.2 Å². The van der Waals surface area contributed by atoms with Crippen LogP contribution in [-0.4, -0.2) is 40.0 Å². The predicted molar refractivity (Wildman–Crippen MR) is 37.0 cm³/mol. The molecule has 4 N–H and O–H groups in total. The van der Waals surface area contributed by atoms with Crippen molar-refractivity contribution in [3.63, 3.8) is 0 Å². The standard InChI is InChI=1S/C6H14N2O2/c1-6(10)2-3-8(7)4-5(6)9/h5,9-10H,2-4,7H2,1H3/t5-,6+/m1/s1. The highest BCUT2D eigenvalue weighted by Gasteiger charge is 2.35. The number of nitrogens with zero attached hydrogens (tertiary/aromatic N) is 1. The van der Waals surface area contributed by atoms with E-state index in [1.54, 1.807) is 6.92 Å². The summed E-state index contributed by atoms with van der Waals surface area (Å²) in [7, 11) is 0. The van der Waals surface area contributed by atoms with Crippen LogP contribution in [0.5, 0.6) is 0 Å². The van der Waals surface area contributed by atoms with Crippen LogP contribution in [0.25, 0.3) is 0 Å². The van der Waals surface area contributed by atoms with E-state index in [0.29, 0.717) is 19.5 Å². The van der Waals surface area contributed by atoms with E-state index in [1.807, 2.05) is 0 Å². The zero-order valence-electron chi connectivity index (χ0n) is 6.12. The topological polar surface area (TPSA) is 69.7 Å². The van der Waals surface area contributed by atoms with Crippen LogP contribution >= 0.6 is 0 Å². The molecule has 4 nitrogen and oxygen atoms in total. The SMILES string of the molecule is C[C@]1(O)CCN(N)C[C@H]1O. The molecule has 1 aliphatic heterocycles. The Morgan fingerprint density at radius 1 is 1.70 bits per heavy atom. The van der Waals surface area contributed by atoms with Gasteiger partial charge in [0.1, 0.15) is 0 Å². The molecule has 0 bridgehead atoms. The van der Waals surface area contributed by atoms with E-state index in [0.717, 1.165) is 0 Å². The second-order valence-electron chi connectivity index (χ2n) is 3.12. The Morgan fingerprint density at radius 2 is 2.30 bits per heavy atom. The normalized spacial score (nSPS) is 43.8. The number of hydrazine groups is 1. The molecule has 0 saturated carbocycles. The third kappa shape index (κ3) is 1.46. The van der Waals surface area contributed by atoms with Gasteiger partial charge in [-0.3, -0.25) is 5.84 Å². The molecule has 0 aromatic carbocycles. The first-order valence-electron chi connectivity index (χ1n) is 3.42. The summed E-state index contributed by atoms with van der Waals surface area (Å²) in [5.74, 6) is 5.41. The molecule has 0 aromatic rings. The lowest BCUT2D eigenvalue weighted by Crippen LogP contribution is -2.55. The third-order valence-electron chi connectivity index (χ3n) is 2.03. The van der Waals surface area contributed by atoms with Crippen LogP contribution in [0, 0.1) is 0 Å². The van der Waals surface area contributed by atoms with Crippen LogP contribution in [0.15, 0.2) is 0 Å². The van der Waals surface area contributed by atoms with Crippen molar-refractivity contribution in [2.75, 3.05) is 13.1 Å². The maximum Gasteiger partial charge on any atom is 0.0965 e. The number of rotatable bonds is 0. The summed E-state index contributed by atoms with van der Waals surface area (Å²) in [6, 6.07) is 0. The lowest BCUT2D eigenvalue weighted by molar-refractivity contribution is -0.107. The molecule has 10 heavy (non-hydrogen) atoms. The molecule has 60 valence electrons. The van der Waals surface area contributed by atoms with Crippen LogP contribution < -0.4 is 5.84 Å². The Bertz CT molecular complexity index is 127. The molecule has 1 fully saturated rings. The summed E-state index contributed by atoms with van der Waals surface area (Å²) in [6.45, 7) is 2.63. The summed E-state index contributed by atoms with van der Waals surface area (Å²) in [6.07, 6.45) is -0.184. The molecular weight excluding hydrogens is 132 g/mol. The van der Waals surface area contributed by atoms with Crippen LogP contribution in [0.3, 0.4) is 0 Å². The van der Waals surface area contributed by atoms with Crippen LogP contribution in [0.1, 0.15) is 13.3 Å². The first kappa shape index (κ1) is 7.94. The first-order chi connectivity index (χ1) is 4.52. The van der Waals surface area contributed by atoms with Crippen molar-refractivity contribution < 1.29 is 10.2 Å². The largest absolute Gasteiger partial charge is 0.389 e. The zero-order chi connectivity index (χ0) is 7.78. The van der Waals surface area contributed by atoms with Crippen LogP contribution in [0.2, 0.25) is 0 Å². The Hall–Kier alpha value is -0.160. The van der Waals surface area contributed by atoms with Crippen molar-refractivity contribution in [1.29, 1.82) is 0 Å². The number of hydrogen-bond acceptors (Lipinski definition) is 4. The summed E-state index contributed by atoms with van der Waals surface area (Å²) in [5, 5.41) is 20.2. The fourth-order valence-electron chi connectivity index (χ4n) is 1.05. The Labute approximate surface area is 60.2 Å². The zero-order valence-corrected chi connectivity index (χ0v) is 6.12. The lowest BCUT2D eigenvalue weighted by Gasteiger charge is -2.37. The molecular formula is C6H14N2O2. The van der Waals surface area contributed by atoms with E-state index in [9.17, 15) is 10.2 Å². The van der Waals surface area contributed by atoms with Crippen molar-refractivity contribution >= 4 is 0 Å². The Balaban J connectivity index is 2.52. The summed E-state index contributed by atoms with van der Waals surface area (Å²) >= 11 is 0. The number of piperidine rings is 1. The molecule has 1 saturated heterocycles. The van der Waals surface area contributed by atoms with Crippen LogP contribution in [-0.2, 0) is 0 Å². The molecule has 4 heteroatoms. The monoisotopic (exact) mass is 146 g/mol. The summed E-state index contributed by atoms with van der Waals surface area (Å²) in [5.41, 5.74) is -0.949. The van der Waals surface area contributed by atoms with E-state index in [4.69, 9.17) is 5.84 Å². The highest BCUT2D eigenvalue weighted by molar-refractivity contribution is 4.87. The van der Waals surface area contributed by atoms with Crippen LogP contribution in [0.4, 0.5) is 0 Å². The number of hydrogen-bond donors (Lipinski definition) is 3. The summed E-state index contributed by atoms with van der Waals surface area (Å²) < 4.78 is 0. The van der Waals surface area contributed by atoms with E-state index >= 15 is 0 Å². The molecule has 0 amide bonds. The summed E-state index contributed by atoms with van der Waals surface area (Å²) in [4.78, 5) is 0. The van der Waals surface area contributed by atoms with Gasteiger partial charge in [-0.25, -0.2) is 5.01 Å². The Kier molecular flexibility index (Phi) is 1.96. The smallest absolute Gasteiger partial charge is 0.0965 e. The van der Waals surface area contributed by atoms with E-state index < -0.39 is 11.7 Å². The fraction of sp³-hybridized carbons (Fsp3) is 1.00. The third-order valence-corrected chi connectivity index (χ3v) is 2.03.